The normalized spacial score (nSPS) is 11.5. The molecule has 9 nitrogen and oxygen atoms in total. The van der Waals surface area contributed by atoms with E-state index in [1.807, 2.05) is 0 Å². The maximum atomic E-state index is 13.0. The highest BCUT2D eigenvalue weighted by Crippen LogP contribution is 2.36. The number of carbonyl (C=O) groups excluding carboxylic acids is 1. The fraction of sp³-hybridized carbons (Fsp3) is 0.316. The molecule has 3 aromatic rings. The van der Waals surface area contributed by atoms with Gasteiger partial charge in [0.25, 0.3) is 5.91 Å². The molecular formula is C19H20F3N5O4. The van der Waals surface area contributed by atoms with Crippen LogP contribution < -0.4 is 15.4 Å². The summed E-state index contributed by atoms with van der Waals surface area (Å²) in [5.41, 5.74) is -0.0538. The SMILES string of the molecule is CNc1nc(Nc2cc3occ(C(=O)N(C)CCO)c3cc2OC)ncc1C(F)(F)F. The zero-order valence-corrected chi connectivity index (χ0v) is 16.9. The van der Waals surface area contributed by atoms with Gasteiger partial charge in [-0.2, -0.15) is 18.2 Å². The van der Waals surface area contributed by atoms with Gasteiger partial charge in [-0.3, -0.25) is 4.79 Å². The van der Waals surface area contributed by atoms with Crippen molar-refractivity contribution in [1.29, 1.82) is 0 Å². The van der Waals surface area contributed by atoms with E-state index in [2.05, 4.69) is 20.6 Å². The van der Waals surface area contributed by atoms with Crippen molar-refractivity contribution in [3.63, 3.8) is 0 Å². The minimum atomic E-state index is -4.60. The van der Waals surface area contributed by atoms with Crippen LogP contribution in [0.1, 0.15) is 15.9 Å². The van der Waals surface area contributed by atoms with Crippen LogP contribution >= 0.6 is 0 Å². The Morgan fingerprint density at radius 1 is 1.35 bits per heavy atom. The maximum absolute atomic E-state index is 13.0. The van der Waals surface area contributed by atoms with E-state index in [9.17, 15) is 18.0 Å². The van der Waals surface area contributed by atoms with E-state index in [1.54, 1.807) is 13.1 Å². The zero-order valence-electron chi connectivity index (χ0n) is 16.9. The molecular weight excluding hydrogens is 419 g/mol. The lowest BCUT2D eigenvalue weighted by Crippen LogP contribution is -2.29. The number of nitrogens with zero attached hydrogens (tertiary/aromatic N) is 3. The van der Waals surface area contributed by atoms with Crippen LogP contribution in [0.3, 0.4) is 0 Å². The Kier molecular flexibility index (Phi) is 6.20. The Bertz CT molecular complexity index is 1100. The number of likely N-dealkylation sites (N-methyl/N-ethyl adjacent to an activating group) is 1. The number of aliphatic hydroxyl groups excluding tert-OH is 1. The molecule has 0 saturated carbocycles. The van der Waals surface area contributed by atoms with E-state index in [1.165, 1.54) is 31.4 Å². The average molecular weight is 439 g/mol. The Labute approximate surface area is 174 Å². The molecule has 31 heavy (non-hydrogen) atoms. The van der Waals surface area contributed by atoms with E-state index in [-0.39, 0.29) is 36.4 Å². The molecule has 0 bridgehead atoms. The lowest BCUT2D eigenvalue weighted by atomic mass is 10.1. The first-order valence-corrected chi connectivity index (χ1v) is 9.04. The Hall–Kier alpha value is -3.54. The molecule has 3 N–H and O–H groups in total. The molecule has 0 atom stereocenters. The van der Waals surface area contributed by atoms with Gasteiger partial charge in [-0.05, 0) is 6.07 Å². The van der Waals surface area contributed by atoms with Gasteiger partial charge in [0.2, 0.25) is 5.95 Å². The van der Waals surface area contributed by atoms with Crippen molar-refractivity contribution in [3.05, 3.63) is 35.7 Å². The molecule has 12 heteroatoms. The molecule has 0 aliphatic rings. The predicted molar refractivity (Wildman–Crippen MR) is 107 cm³/mol. The average Bonchev–Trinajstić information content (AvgIpc) is 3.14. The number of carbonyl (C=O) groups is 1. The zero-order chi connectivity index (χ0) is 22.8. The summed E-state index contributed by atoms with van der Waals surface area (Å²) in [6, 6.07) is 3.08. The monoisotopic (exact) mass is 439 g/mol. The number of aromatic nitrogens is 2. The number of alkyl halides is 3. The molecule has 0 saturated heterocycles. The second kappa shape index (κ2) is 8.68. The van der Waals surface area contributed by atoms with Crippen LogP contribution in [-0.2, 0) is 6.18 Å². The van der Waals surface area contributed by atoms with Gasteiger partial charge in [-0.15, -0.1) is 0 Å². The summed E-state index contributed by atoms with van der Waals surface area (Å²) in [6.07, 6.45) is -2.64. The summed E-state index contributed by atoms with van der Waals surface area (Å²) in [6.45, 7) is -0.0293. The molecule has 0 spiro atoms. The smallest absolute Gasteiger partial charge is 0.421 e. The van der Waals surface area contributed by atoms with Crippen molar-refractivity contribution < 1.29 is 32.2 Å². The number of amides is 1. The maximum Gasteiger partial charge on any atom is 0.421 e. The number of nitrogens with one attached hydrogen (secondary N) is 2. The summed E-state index contributed by atoms with van der Waals surface area (Å²) >= 11 is 0. The molecule has 1 amide bonds. The highest BCUT2D eigenvalue weighted by atomic mass is 19.4. The lowest BCUT2D eigenvalue weighted by Gasteiger charge is -2.15. The van der Waals surface area contributed by atoms with Gasteiger partial charge in [-0.25, -0.2) is 4.98 Å². The van der Waals surface area contributed by atoms with Gasteiger partial charge < -0.3 is 29.8 Å². The third kappa shape index (κ3) is 4.48. The van der Waals surface area contributed by atoms with Crippen LogP contribution in [0.4, 0.5) is 30.6 Å². The minimum absolute atomic E-state index is 0.0967. The van der Waals surface area contributed by atoms with E-state index < -0.39 is 11.7 Å². The molecule has 0 unspecified atom stereocenters. The lowest BCUT2D eigenvalue weighted by molar-refractivity contribution is -0.137. The Morgan fingerprint density at radius 3 is 2.71 bits per heavy atom. The third-order valence-electron chi connectivity index (χ3n) is 4.49. The van der Waals surface area contributed by atoms with Gasteiger partial charge in [0.1, 0.15) is 29.0 Å². The molecule has 0 radical (unpaired) electrons. The summed E-state index contributed by atoms with van der Waals surface area (Å²) in [5.74, 6) is -0.536. The first-order chi connectivity index (χ1) is 14.7. The van der Waals surface area contributed by atoms with Crippen molar-refractivity contribution in [3.8, 4) is 5.75 Å². The summed E-state index contributed by atoms with van der Waals surface area (Å²) < 4.78 is 50.0. The number of anilines is 3. The molecule has 0 fully saturated rings. The van der Waals surface area contributed by atoms with Gasteiger partial charge in [0.05, 0.1) is 25.0 Å². The van der Waals surface area contributed by atoms with Crippen molar-refractivity contribution >= 4 is 34.3 Å². The second-order valence-corrected chi connectivity index (χ2v) is 6.48. The highest BCUT2D eigenvalue weighted by molar-refractivity contribution is 6.07. The quantitative estimate of drug-likeness (QED) is 0.515. The summed E-state index contributed by atoms with van der Waals surface area (Å²) in [7, 11) is 4.27. The fourth-order valence-electron chi connectivity index (χ4n) is 2.90. The highest BCUT2D eigenvalue weighted by Gasteiger charge is 2.35. The second-order valence-electron chi connectivity index (χ2n) is 6.48. The number of methoxy groups -OCH3 is 1. The number of benzene rings is 1. The molecule has 0 aliphatic heterocycles. The summed E-state index contributed by atoms with van der Waals surface area (Å²) in [4.78, 5) is 21.5. The fourth-order valence-corrected chi connectivity index (χ4v) is 2.90. The standard InChI is InChI=1S/C19H20F3N5O4/c1-23-16-12(19(20,21)22)8-24-18(26-16)25-13-7-14-10(6-15(13)30-3)11(9-31-14)17(29)27(2)4-5-28/h6-9,28H,4-5H2,1-3H3,(H2,23,24,25,26). The van der Waals surface area contributed by atoms with Crippen LogP contribution in [0, 0.1) is 0 Å². The van der Waals surface area contributed by atoms with E-state index in [4.69, 9.17) is 14.3 Å². The summed E-state index contributed by atoms with van der Waals surface area (Å²) in [5, 5.41) is 14.7. The van der Waals surface area contributed by atoms with Crippen molar-refractivity contribution in [2.45, 2.75) is 6.18 Å². The number of fused-ring (bicyclic) bond motifs is 1. The molecule has 1 aromatic carbocycles. The largest absolute Gasteiger partial charge is 0.495 e. The van der Waals surface area contributed by atoms with Gasteiger partial charge in [0, 0.05) is 38.3 Å². The molecule has 2 aromatic heterocycles. The third-order valence-corrected chi connectivity index (χ3v) is 4.49. The molecule has 2 heterocycles. The number of ether oxygens (including phenoxy) is 1. The molecule has 3 rings (SSSR count). The van der Waals surface area contributed by atoms with Crippen LogP contribution in [0.15, 0.2) is 29.0 Å². The number of halogens is 3. The minimum Gasteiger partial charge on any atom is -0.495 e. The number of rotatable bonds is 7. The van der Waals surface area contributed by atoms with E-state index in [0.29, 0.717) is 28.6 Å². The van der Waals surface area contributed by atoms with Crippen LogP contribution in [0.5, 0.6) is 5.75 Å². The molecule has 0 aliphatic carbocycles. The van der Waals surface area contributed by atoms with Gasteiger partial charge >= 0.3 is 6.18 Å². The van der Waals surface area contributed by atoms with Crippen molar-refractivity contribution in [2.75, 3.05) is 45.0 Å². The Morgan fingerprint density at radius 2 is 2.10 bits per heavy atom. The number of hydrogen-bond acceptors (Lipinski definition) is 8. The van der Waals surface area contributed by atoms with Crippen molar-refractivity contribution in [2.24, 2.45) is 0 Å². The number of hydrogen-bond donors (Lipinski definition) is 3. The predicted octanol–water partition coefficient (Wildman–Crippen LogP) is 3.10. The van der Waals surface area contributed by atoms with E-state index in [0.717, 1.165) is 0 Å². The molecule has 166 valence electrons. The number of furan rings is 1. The van der Waals surface area contributed by atoms with Crippen LogP contribution in [-0.4, -0.2) is 60.2 Å². The van der Waals surface area contributed by atoms with Crippen LogP contribution in [0.2, 0.25) is 0 Å². The van der Waals surface area contributed by atoms with E-state index >= 15 is 0 Å². The van der Waals surface area contributed by atoms with Gasteiger partial charge in [-0.1, -0.05) is 0 Å². The Balaban J connectivity index is 1.98. The van der Waals surface area contributed by atoms with Gasteiger partial charge in [0.15, 0.2) is 0 Å². The van der Waals surface area contributed by atoms with Crippen LogP contribution in [0.25, 0.3) is 11.0 Å². The number of aliphatic hydroxyl groups is 1. The van der Waals surface area contributed by atoms with Crippen molar-refractivity contribution in [1.82, 2.24) is 14.9 Å². The first kappa shape index (κ1) is 22.2. The first-order valence-electron chi connectivity index (χ1n) is 9.04. The topological polar surface area (TPSA) is 113 Å².